The van der Waals surface area contributed by atoms with E-state index in [2.05, 4.69) is 31.4 Å². The summed E-state index contributed by atoms with van der Waals surface area (Å²) in [6.45, 7) is 1.59. The van der Waals surface area contributed by atoms with Crippen LogP contribution in [0.15, 0.2) is 52.0 Å². The van der Waals surface area contributed by atoms with Crippen molar-refractivity contribution < 1.29 is 23.1 Å². The standard InChI is InChI=1S/C18H13BrF3N3O2/c1-9(24-25-17(27)13-8-12(19)3-5-16(13)26)15-7-10-6-11(18(20,21)22)2-4-14(10)23-15/h2-8,23,26H,1H3,(H,25,27)/b24-9+. The Labute approximate surface area is 160 Å². The number of nitrogens with zero attached hydrogens (tertiary/aromatic N) is 1. The Balaban J connectivity index is 1.83. The van der Waals surface area contributed by atoms with Crippen molar-refractivity contribution >= 4 is 38.5 Å². The van der Waals surface area contributed by atoms with Crippen LogP contribution >= 0.6 is 15.9 Å². The molecule has 0 radical (unpaired) electrons. The van der Waals surface area contributed by atoms with Gasteiger partial charge in [0.2, 0.25) is 0 Å². The zero-order valence-electron chi connectivity index (χ0n) is 13.9. The Bertz CT molecular complexity index is 1060. The molecule has 3 rings (SSSR count). The van der Waals surface area contributed by atoms with Crippen molar-refractivity contribution in [2.24, 2.45) is 5.10 Å². The normalized spacial score (nSPS) is 12.4. The van der Waals surface area contributed by atoms with Crippen LogP contribution in [0.5, 0.6) is 5.75 Å². The fourth-order valence-corrected chi connectivity index (χ4v) is 2.81. The molecule has 0 bridgehead atoms. The van der Waals surface area contributed by atoms with Gasteiger partial charge in [-0.15, -0.1) is 0 Å². The van der Waals surface area contributed by atoms with Gasteiger partial charge in [-0.3, -0.25) is 4.79 Å². The number of phenols is 1. The summed E-state index contributed by atoms with van der Waals surface area (Å²) < 4.78 is 39.0. The number of aromatic hydroxyl groups is 1. The van der Waals surface area contributed by atoms with Crippen molar-refractivity contribution in [3.63, 3.8) is 0 Å². The maximum atomic E-state index is 12.8. The molecule has 0 aliphatic carbocycles. The summed E-state index contributed by atoms with van der Waals surface area (Å²) in [5.41, 5.74) is 2.95. The van der Waals surface area contributed by atoms with Crippen LogP contribution < -0.4 is 5.43 Å². The molecule has 0 saturated heterocycles. The number of hydrogen-bond donors (Lipinski definition) is 3. The largest absolute Gasteiger partial charge is 0.507 e. The van der Waals surface area contributed by atoms with Gasteiger partial charge in [0, 0.05) is 15.4 Å². The highest BCUT2D eigenvalue weighted by Gasteiger charge is 2.30. The van der Waals surface area contributed by atoms with Crippen LogP contribution in [0.3, 0.4) is 0 Å². The van der Waals surface area contributed by atoms with E-state index < -0.39 is 17.6 Å². The Morgan fingerprint density at radius 3 is 2.63 bits per heavy atom. The summed E-state index contributed by atoms with van der Waals surface area (Å²) in [5, 5.41) is 14.1. The lowest BCUT2D eigenvalue weighted by Crippen LogP contribution is -2.19. The van der Waals surface area contributed by atoms with Gasteiger partial charge in [-0.1, -0.05) is 15.9 Å². The molecule has 0 atom stereocenters. The van der Waals surface area contributed by atoms with Crippen LogP contribution in [0.4, 0.5) is 13.2 Å². The molecule has 0 aliphatic heterocycles. The first-order valence-corrected chi connectivity index (χ1v) is 8.48. The van der Waals surface area contributed by atoms with Gasteiger partial charge in [0.25, 0.3) is 5.91 Å². The predicted molar refractivity (Wildman–Crippen MR) is 98.8 cm³/mol. The van der Waals surface area contributed by atoms with Crippen molar-refractivity contribution in [2.75, 3.05) is 0 Å². The topological polar surface area (TPSA) is 77.5 Å². The number of phenolic OH excluding ortho intramolecular Hbond substituents is 1. The number of amides is 1. The second kappa shape index (κ2) is 7.07. The molecule has 1 amide bonds. The zero-order chi connectivity index (χ0) is 19.8. The van der Waals surface area contributed by atoms with Crippen molar-refractivity contribution in [1.29, 1.82) is 0 Å². The van der Waals surface area contributed by atoms with Crippen molar-refractivity contribution in [3.05, 3.63) is 63.8 Å². The third-order valence-electron chi connectivity index (χ3n) is 3.87. The molecular weight excluding hydrogens is 427 g/mol. The van der Waals surface area contributed by atoms with Crippen LogP contribution in [0.2, 0.25) is 0 Å². The maximum absolute atomic E-state index is 12.8. The molecule has 1 aromatic heterocycles. The van der Waals surface area contributed by atoms with E-state index in [9.17, 15) is 23.1 Å². The highest BCUT2D eigenvalue weighted by atomic mass is 79.9. The lowest BCUT2D eigenvalue weighted by atomic mass is 10.1. The van der Waals surface area contributed by atoms with Crippen LogP contribution in [0.1, 0.15) is 28.5 Å². The molecule has 3 N–H and O–H groups in total. The fourth-order valence-electron chi connectivity index (χ4n) is 2.45. The van der Waals surface area contributed by atoms with Gasteiger partial charge in [-0.2, -0.15) is 18.3 Å². The lowest BCUT2D eigenvalue weighted by Gasteiger charge is -2.05. The van der Waals surface area contributed by atoms with Crippen molar-refractivity contribution in [2.45, 2.75) is 13.1 Å². The average molecular weight is 440 g/mol. The zero-order valence-corrected chi connectivity index (χ0v) is 15.4. The van der Waals surface area contributed by atoms with Gasteiger partial charge in [0.1, 0.15) is 5.75 Å². The number of aromatic nitrogens is 1. The highest BCUT2D eigenvalue weighted by Crippen LogP contribution is 2.31. The number of carbonyl (C=O) groups is 1. The summed E-state index contributed by atoms with van der Waals surface area (Å²) in [4.78, 5) is 15.1. The number of fused-ring (bicyclic) bond motifs is 1. The molecule has 0 saturated carbocycles. The quantitative estimate of drug-likeness (QED) is 0.404. The minimum absolute atomic E-state index is 0.0346. The average Bonchev–Trinajstić information content (AvgIpc) is 3.04. The summed E-state index contributed by atoms with van der Waals surface area (Å²) >= 11 is 3.21. The second-order valence-electron chi connectivity index (χ2n) is 5.78. The molecule has 9 heteroatoms. The minimum atomic E-state index is -4.42. The molecule has 3 aromatic rings. The molecule has 1 heterocycles. The number of halogens is 4. The predicted octanol–water partition coefficient (Wildman–Crippen LogP) is 4.81. The van der Waals surface area contributed by atoms with Crippen LogP contribution in [0, 0.1) is 0 Å². The maximum Gasteiger partial charge on any atom is 0.416 e. The molecular formula is C18H13BrF3N3O2. The van der Waals surface area contributed by atoms with E-state index in [0.29, 0.717) is 26.8 Å². The van der Waals surface area contributed by atoms with Gasteiger partial charge >= 0.3 is 6.18 Å². The van der Waals surface area contributed by atoms with Crippen molar-refractivity contribution in [1.82, 2.24) is 10.4 Å². The molecule has 2 aromatic carbocycles. The smallest absolute Gasteiger partial charge is 0.416 e. The van der Waals surface area contributed by atoms with E-state index in [1.165, 1.54) is 24.3 Å². The van der Waals surface area contributed by atoms with E-state index in [1.54, 1.807) is 13.0 Å². The SMILES string of the molecule is C/C(=N\NC(=O)c1cc(Br)ccc1O)c1cc2cc(C(F)(F)F)ccc2[nH]1. The summed E-state index contributed by atoms with van der Waals surface area (Å²) in [6, 6.07) is 9.29. The third kappa shape index (κ3) is 4.13. The number of aromatic amines is 1. The third-order valence-corrected chi connectivity index (χ3v) is 4.36. The number of nitrogens with one attached hydrogen (secondary N) is 2. The number of carbonyl (C=O) groups excluding carboxylic acids is 1. The molecule has 140 valence electrons. The van der Waals surface area contributed by atoms with Gasteiger partial charge in [0.15, 0.2) is 0 Å². The number of alkyl halides is 3. The summed E-state index contributed by atoms with van der Waals surface area (Å²) in [6.07, 6.45) is -4.42. The van der Waals surface area contributed by atoms with Gasteiger partial charge in [0.05, 0.1) is 22.5 Å². The number of hydrogen-bond acceptors (Lipinski definition) is 3. The summed E-state index contributed by atoms with van der Waals surface area (Å²) in [7, 11) is 0. The monoisotopic (exact) mass is 439 g/mol. The van der Waals surface area contributed by atoms with Crippen LogP contribution in [0.25, 0.3) is 10.9 Å². The Kier molecular flexibility index (Phi) is 4.97. The number of rotatable bonds is 3. The molecule has 0 unspecified atom stereocenters. The van der Waals surface area contributed by atoms with E-state index in [1.807, 2.05) is 0 Å². The molecule has 0 aliphatic rings. The van der Waals surface area contributed by atoms with E-state index in [0.717, 1.165) is 12.1 Å². The number of hydrazone groups is 1. The Morgan fingerprint density at radius 2 is 1.93 bits per heavy atom. The van der Waals surface area contributed by atoms with Crippen LogP contribution in [-0.4, -0.2) is 21.7 Å². The summed E-state index contributed by atoms with van der Waals surface area (Å²) in [5.74, 6) is -0.822. The molecule has 5 nitrogen and oxygen atoms in total. The van der Waals surface area contributed by atoms with Gasteiger partial charge in [-0.05, 0) is 49.4 Å². The molecule has 0 fully saturated rings. The number of benzene rings is 2. The van der Waals surface area contributed by atoms with E-state index in [4.69, 9.17) is 0 Å². The number of H-pyrrole nitrogens is 1. The van der Waals surface area contributed by atoms with E-state index >= 15 is 0 Å². The second-order valence-corrected chi connectivity index (χ2v) is 6.70. The van der Waals surface area contributed by atoms with Crippen LogP contribution in [-0.2, 0) is 6.18 Å². The Morgan fingerprint density at radius 1 is 1.19 bits per heavy atom. The van der Waals surface area contributed by atoms with Gasteiger partial charge < -0.3 is 10.1 Å². The minimum Gasteiger partial charge on any atom is -0.507 e. The molecule has 0 spiro atoms. The van der Waals surface area contributed by atoms with Crippen molar-refractivity contribution in [3.8, 4) is 5.75 Å². The highest BCUT2D eigenvalue weighted by molar-refractivity contribution is 9.10. The Hall–Kier alpha value is -2.81. The first-order valence-electron chi connectivity index (χ1n) is 7.68. The first kappa shape index (κ1) is 19.0. The van der Waals surface area contributed by atoms with Gasteiger partial charge in [-0.25, -0.2) is 5.43 Å². The molecule has 27 heavy (non-hydrogen) atoms. The lowest BCUT2D eigenvalue weighted by molar-refractivity contribution is -0.137. The first-order chi connectivity index (χ1) is 12.6. The van der Waals surface area contributed by atoms with E-state index in [-0.39, 0.29) is 11.3 Å². The fraction of sp³-hybridized carbons (Fsp3) is 0.111.